The van der Waals surface area contributed by atoms with E-state index in [9.17, 15) is 0 Å². The topological polar surface area (TPSA) is 38.5 Å². The molecule has 0 radical (unpaired) electrons. The third kappa shape index (κ3) is 6.68. The highest BCUT2D eigenvalue weighted by Crippen LogP contribution is 2.30. The second-order valence-corrected chi connectivity index (χ2v) is 8.84. The zero-order valence-corrected chi connectivity index (χ0v) is 18.3. The summed E-state index contributed by atoms with van der Waals surface area (Å²) in [5.74, 6) is 3.25. The molecule has 1 aliphatic carbocycles. The third-order valence-electron chi connectivity index (χ3n) is 6.35. The molecule has 162 valence electrons. The van der Waals surface area contributed by atoms with E-state index in [-0.39, 0.29) is 0 Å². The van der Waals surface area contributed by atoms with Gasteiger partial charge < -0.3 is 10.5 Å². The van der Waals surface area contributed by atoms with Crippen LogP contribution in [-0.4, -0.2) is 18.0 Å². The molecule has 2 N–H and O–H groups in total. The molecule has 3 heteroatoms. The Hall–Kier alpha value is -2.62. The Morgan fingerprint density at radius 2 is 1.26 bits per heavy atom. The molecular weight excluding hydrogens is 380 g/mol. The summed E-state index contributed by atoms with van der Waals surface area (Å²) in [4.78, 5) is 2.60. The van der Waals surface area contributed by atoms with E-state index in [2.05, 4.69) is 53.4 Å². The number of hydrogen-bond donors (Lipinski definition) is 1. The fourth-order valence-corrected chi connectivity index (χ4v) is 4.63. The van der Waals surface area contributed by atoms with Crippen LogP contribution in [0.25, 0.3) is 0 Å². The van der Waals surface area contributed by atoms with Crippen LogP contribution in [0.3, 0.4) is 0 Å². The fourth-order valence-electron chi connectivity index (χ4n) is 4.63. The molecular formula is C28H34N2O. The minimum Gasteiger partial charge on any atom is -0.457 e. The summed E-state index contributed by atoms with van der Waals surface area (Å²) in [5, 5.41) is 0. The number of rotatable bonds is 9. The van der Waals surface area contributed by atoms with E-state index >= 15 is 0 Å². The highest BCUT2D eigenvalue weighted by molar-refractivity contribution is 5.34. The molecule has 0 unspecified atom stereocenters. The average molecular weight is 415 g/mol. The molecule has 1 fully saturated rings. The SMILES string of the molecule is NCC1CCC(CN(Cc2ccccc2)Cc2cccc(Oc3ccccc3)c2)CC1. The number of para-hydroxylation sites is 1. The smallest absolute Gasteiger partial charge is 0.127 e. The zero-order chi connectivity index (χ0) is 21.3. The Labute approximate surface area is 186 Å². The maximum absolute atomic E-state index is 6.06. The van der Waals surface area contributed by atoms with Crippen molar-refractivity contribution in [1.29, 1.82) is 0 Å². The van der Waals surface area contributed by atoms with Crippen LogP contribution in [0.4, 0.5) is 0 Å². The maximum atomic E-state index is 6.06. The van der Waals surface area contributed by atoms with Crippen molar-refractivity contribution in [2.75, 3.05) is 13.1 Å². The van der Waals surface area contributed by atoms with Gasteiger partial charge in [-0.1, -0.05) is 60.7 Å². The van der Waals surface area contributed by atoms with Crippen LogP contribution in [0, 0.1) is 11.8 Å². The average Bonchev–Trinajstić information content (AvgIpc) is 2.81. The third-order valence-corrected chi connectivity index (χ3v) is 6.35. The number of benzene rings is 3. The summed E-state index contributed by atoms with van der Waals surface area (Å²) in [7, 11) is 0. The molecule has 0 aliphatic heterocycles. The number of ether oxygens (including phenoxy) is 1. The van der Waals surface area contributed by atoms with E-state index in [1.165, 1.54) is 36.8 Å². The molecule has 3 nitrogen and oxygen atoms in total. The quantitative estimate of drug-likeness (QED) is 0.450. The lowest BCUT2D eigenvalue weighted by atomic mass is 9.82. The van der Waals surface area contributed by atoms with Gasteiger partial charge in [0.05, 0.1) is 0 Å². The predicted octanol–water partition coefficient (Wildman–Crippen LogP) is 6.25. The Kier molecular flexibility index (Phi) is 7.76. The van der Waals surface area contributed by atoms with Crippen LogP contribution >= 0.6 is 0 Å². The van der Waals surface area contributed by atoms with Crippen LogP contribution in [-0.2, 0) is 13.1 Å². The van der Waals surface area contributed by atoms with Crippen LogP contribution in [0.2, 0.25) is 0 Å². The van der Waals surface area contributed by atoms with Gasteiger partial charge in [-0.2, -0.15) is 0 Å². The minimum absolute atomic E-state index is 0.727. The van der Waals surface area contributed by atoms with E-state index in [0.717, 1.165) is 49.5 Å². The molecule has 31 heavy (non-hydrogen) atoms. The van der Waals surface area contributed by atoms with Gasteiger partial charge in [0.15, 0.2) is 0 Å². The second kappa shape index (κ2) is 11.1. The van der Waals surface area contributed by atoms with Crippen molar-refractivity contribution >= 4 is 0 Å². The van der Waals surface area contributed by atoms with E-state index in [1.807, 2.05) is 36.4 Å². The van der Waals surface area contributed by atoms with Crippen molar-refractivity contribution in [3.05, 3.63) is 96.1 Å². The van der Waals surface area contributed by atoms with E-state index < -0.39 is 0 Å². The minimum atomic E-state index is 0.727. The van der Waals surface area contributed by atoms with Crippen LogP contribution in [0.1, 0.15) is 36.8 Å². The van der Waals surface area contributed by atoms with Crippen molar-refractivity contribution in [3.63, 3.8) is 0 Å². The molecule has 1 aliphatic rings. The van der Waals surface area contributed by atoms with Gasteiger partial charge in [-0.05, 0) is 79.5 Å². The van der Waals surface area contributed by atoms with Crippen LogP contribution < -0.4 is 10.5 Å². The van der Waals surface area contributed by atoms with Crippen molar-refractivity contribution in [1.82, 2.24) is 4.90 Å². The lowest BCUT2D eigenvalue weighted by Crippen LogP contribution is -2.32. The Balaban J connectivity index is 1.44. The summed E-state index contributed by atoms with van der Waals surface area (Å²) in [6.07, 6.45) is 5.15. The molecule has 1 saturated carbocycles. The summed E-state index contributed by atoms with van der Waals surface area (Å²) < 4.78 is 6.06. The monoisotopic (exact) mass is 414 g/mol. The standard InChI is InChI=1S/C28H34N2O/c29-19-23-14-16-25(17-15-23)21-30(20-24-8-3-1-4-9-24)22-26-10-7-13-28(18-26)31-27-11-5-2-6-12-27/h1-13,18,23,25H,14-17,19-22,29H2. The van der Waals surface area contributed by atoms with Crippen molar-refractivity contribution in [2.45, 2.75) is 38.8 Å². The number of nitrogens with zero attached hydrogens (tertiary/aromatic N) is 1. The number of nitrogens with two attached hydrogens (primary N) is 1. The van der Waals surface area contributed by atoms with E-state index in [4.69, 9.17) is 10.5 Å². The number of hydrogen-bond acceptors (Lipinski definition) is 3. The van der Waals surface area contributed by atoms with E-state index in [1.54, 1.807) is 0 Å². The van der Waals surface area contributed by atoms with Crippen LogP contribution in [0.5, 0.6) is 11.5 Å². The Morgan fingerprint density at radius 1 is 0.677 bits per heavy atom. The van der Waals surface area contributed by atoms with Gasteiger partial charge in [-0.3, -0.25) is 4.90 Å². The first-order valence-corrected chi connectivity index (χ1v) is 11.6. The van der Waals surface area contributed by atoms with Crippen molar-refractivity contribution in [2.24, 2.45) is 17.6 Å². The molecule has 0 heterocycles. The van der Waals surface area contributed by atoms with Gasteiger partial charge in [-0.15, -0.1) is 0 Å². The Morgan fingerprint density at radius 3 is 1.97 bits per heavy atom. The summed E-state index contributed by atoms with van der Waals surface area (Å²) in [5.41, 5.74) is 8.56. The molecule has 0 amide bonds. The summed E-state index contributed by atoms with van der Waals surface area (Å²) in [6.45, 7) is 3.88. The first-order valence-electron chi connectivity index (χ1n) is 11.6. The lowest BCUT2D eigenvalue weighted by Gasteiger charge is -2.32. The first-order chi connectivity index (χ1) is 15.3. The lowest BCUT2D eigenvalue weighted by molar-refractivity contribution is 0.170. The van der Waals surface area contributed by atoms with Gasteiger partial charge in [0.25, 0.3) is 0 Å². The molecule has 3 aromatic rings. The maximum Gasteiger partial charge on any atom is 0.127 e. The first kappa shape index (κ1) is 21.6. The highest BCUT2D eigenvalue weighted by atomic mass is 16.5. The summed E-state index contributed by atoms with van der Waals surface area (Å²) >= 11 is 0. The molecule has 0 atom stereocenters. The molecule has 0 saturated heterocycles. The van der Waals surface area contributed by atoms with E-state index in [0.29, 0.717) is 0 Å². The normalized spacial score (nSPS) is 18.8. The largest absolute Gasteiger partial charge is 0.457 e. The van der Waals surface area contributed by atoms with Crippen LogP contribution in [0.15, 0.2) is 84.9 Å². The van der Waals surface area contributed by atoms with Gasteiger partial charge in [-0.25, -0.2) is 0 Å². The van der Waals surface area contributed by atoms with Gasteiger partial charge >= 0.3 is 0 Å². The predicted molar refractivity (Wildman–Crippen MR) is 128 cm³/mol. The van der Waals surface area contributed by atoms with Crippen molar-refractivity contribution < 1.29 is 4.74 Å². The van der Waals surface area contributed by atoms with Gasteiger partial charge in [0.2, 0.25) is 0 Å². The summed E-state index contributed by atoms with van der Waals surface area (Å²) in [6, 6.07) is 29.3. The molecule has 0 aromatic heterocycles. The zero-order valence-electron chi connectivity index (χ0n) is 18.3. The Bertz CT molecular complexity index is 905. The molecule has 0 bridgehead atoms. The van der Waals surface area contributed by atoms with Crippen molar-refractivity contribution in [3.8, 4) is 11.5 Å². The molecule has 3 aromatic carbocycles. The van der Waals surface area contributed by atoms with Gasteiger partial charge in [0, 0.05) is 19.6 Å². The highest BCUT2D eigenvalue weighted by Gasteiger charge is 2.22. The molecule has 0 spiro atoms. The van der Waals surface area contributed by atoms with Gasteiger partial charge in [0.1, 0.15) is 11.5 Å². The fraction of sp³-hybridized carbons (Fsp3) is 0.357. The second-order valence-electron chi connectivity index (χ2n) is 8.84. The molecule has 4 rings (SSSR count).